The third kappa shape index (κ3) is 2.02. The monoisotopic (exact) mass is 246 g/mol. The van der Waals surface area contributed by atoms with Crippen molar-refractivity contribution in [2.75, 3.05) is 19.7 Å². The van der Waals surface area contributed by atoms with Gasteiger partial charge in [-0.3, -0.25) is 4.90 Å². The van der Waals surface area contributed by atoms with E-state index in [1.54, 1.807) is 6.07 Å². The summed E-state index contributed by atoms with van der Waals surface area (Å²) in [6, 6.07) is 6.21. The molecule has 0 bridgehead atoms. The molecule has 0 aromatic heterocycles. The summed E-state index contributed by atoms with van der Waals surface area (Å²) in [6.45, 7) is 5.23. The molecular weight excluding hydrogens is 225 g/mol. The number of hydrogen-bond donors (Lipinski definition) is 1. The Hall–Kier alpha value is -1.06. The second-order valence-electron chi connectivity index (χ2n) is 5.32. The van der Waals surface area contributed by atoms with Gasteiger partial charge in [0.2, 0.25) is 0 Å². The number of phenolic OH excluding ortho intramolecular Hbond substituents is 1. The average molecular weight is 246 g/mol. The standard InChI is InChI=1S/C15H21NO2/c1-2-7-16-8-9-18-15-13-10-12(17)5-3-11(13)4-6-14(15)16/h3,5,10,14-15,17H,2,4,6-9H2,1H3/t14?,15-/m1/s1/i1-1. The molecule has 3 heteroatoms. The predicted molar refractivity (Wildman–Crippen MR) is 70.8 cm³/mol. The minimum atomic E-state index is 0.154. The van der Waals surface area contributed by atoms with Crippen molar-refractivity contribution in [3.63, 3.8) is 0 Å². The molecule has 1 aromatic carbocycles. The summed E-state index contributed by atoms with van der Waals surface area (Å²) in [7, 11) is 0. The molecule has 1 unspecified atom stereocenters. The van der Waals surface area contributed by atoms with Crippen LogP contribution in [0.1, 0.15) is 37.0 Å². The molecule has 1 aliphatic carbocycles. The number of morpholine rings is 1. The van der Waals surface area contributed by atoms with Crippen LogP contribution < -0.4 is 0 Å². The molecule has 98 valence electrons. The van der Waals surface area contributed by atoms with E-state index in [1.807, 2.05) is 12.1 Å². The number of fused-ring (bicyclic) bond motifs is 3. The first-order valence-electron chi connectivity index (χ1n) is 6.97. The number of benzene rings is 1. The van der Waals surface area contributed by atoms with E-state index in [9.17, 15) is 5.11 Å². The lowest BCUT2D eigenvalue weighted by Crippen LogP contribution is -2.49. The molecule has 1 aromatic rings. The summed E-state index contributed by atoms with van der Waals surface area (Å²) in [4.78, 5) is 2.56. The molecule has 3 nitrogen and oxygen atoms in total. The molecule has 1 aliphatic heterocycles. The van der Waals surface area contributed by atoms with Crippen LogP contribution in [0.25, 0.3) is 0 Å². The Morgan fingerprint density at radius 3 is 3.17 bits per heavy atom. The van der Waals surface area contributed by atoms with Crippen LogP contribution >= 0.6 is 0 Å². The third-order valence-electron chi connectivity index (χ3n) is 4.15. The van der Waals surface area contributed by atoms with Crippen LogP contribution in [0, 0.1) is 0 Å². The van der Waals surface area contributed by atoms with Crippen molar-refractivity contribution in [3.8, 4) is 5.75 Å². The van der Waals surface area contributed by atoms with Crippen LogP contribution in [0.2, 0.25) is 0 Å². The maximum absolute atomic E-state index is 9.68. The smallest absolute Gasteiger partial charge is 0.115 e. The summed E-state index contributed by atoms with van der Waals surface area (Å²) in [6.07, 6.45) is 3.61. The first-order chi connectivity index (χ1) is 8.79. The zero-order valence-electron chi connectivity index (χ0n) is 10.9. The Kier molecular flexibility index (Phi) is 3.27. The molecule has 0 spiro atoms. The lowest BCUT2D eigenvalue weighted by Gasteiger charge is -2.44. The largest absolute Gasteiger partial charge is 0.508 e. The first kappa shape index (κ1) is 12.0. The highest BCUT2D eigenvalue weighted by Crippen LogP contribution is 2.39. The van der Waals surface area contributed by atoms with Gasteiger partial charge in [-0.25, -0.2) is 0 Å². The molecule has 1 N–H and O–H groups in total. The molecule has 1 saturated heterocycles. The molecule has 2 aliphatic rings. The van der Waals surface area contributed by atoms with E-state index in [-0.39, 0.29) is 6.10 Å². The number of nitrogens with zero attached hydrogens (tertiary/aromatic N) is 1. The number of phenols is 1. The highest BCUT2D eigenvalue weighted by Gasteiger charge is 2.36. The van der Waals surface area contributed by atoms with E-state index in [0.29, 0.717) is 11.8 Å². The van der Waals surface area contributed by atoms with Crippen LogP contribution in [-0.4, -0.2) is 35.7 Å². The Labute approximate surface area is 108 Å². The number of hydrogen-bond acceptors (Lipinski definition) is 3. The molecule has 0 radical (unpaired) electrons. The van der Waals surface area contributed by atoms with E-state index in [2.05, 4.69) is 11.8 Å². The lowest BCUT2D eigenvalue weighted by atomic mass is 9.84. The second kappa shape index (κ2) is 4.90. The zero-order valence-corrected chi connectivity index (χ0v) is 10.9. The third-order valence-corrected chi connectivity index (χ3v) is 4.15. The normalized spacial score (nSPS) is 27.6. The van der Waals surface area contributed by atoms with E-state index >= 15 is 0 Å². The molecule has 18 heavy (non-hydrogen) atoms. The maximum atomic E-state index is 9.68. The van der Waals surface area contributed by atoms with Gasteiger partial charge in [0, 0.05) is 12.6 Å². The molecule has 0 amide bonds. The number of aryl methyl sites for hydroxylation is 1. The molecule has 0 saturated carbocycles. The van der Waals surface area contributed by atoms with Gasteiger partial charge in [0.05, 0.1) is 12.7 Å². The van der Waals surface area contributed by atoms with Gasteiger partial charge in [0.15, 0.2) is 0 Å². The van der Waals surface area contributed by atoms with E-state index in [1.165, 1.54) is 24.0 Å². The topological polar surface area (TPSA) is 32.7 Å². The van der Waals surface area contributed by atoms with Crippen molar-refractivity contribution in [2.45, 2.75) is 38.3 Å². The van der Waals surface area contributed by atoms with Crippen molar-refractivity contribution < 1.29 is 9.84 Å². The molecule has 2 atom stereocenters. The number of aromatic hydroxyl groups is 1. The fourth-order valence-corrected chi connectivity index (χ4v) is 3.34. The SMILES string of the molecule is [11CH3]CCN1CCO[C@@H]2c3cc(O)ccc3CCC21. The van der Waals surface area contributed by atoms with Gasteiger partial charge in [-0.05, 0) is 49.1 Å². The van der Waals surface area contributed by atoms with Gasteiger partial charge < -0.3 is 9.84 Å². The Bertz CT molecular complexity index is 431. The van der Waals surface area contributed by atoms with E-state index < -0.39 is 0 Å². The minimum absolute atomic E-state index is 0.154. The van der Waals surface area contributed by atoms with Crippen LogP contribution in [0.5, 0.6) is 5.75 Å². The average Bonchev–Trinajstić information content (AvgIpc) is 2.39. The van der Waals surface area contributed by atoms with Crippen LogP contribution in [0.15, 0.2) is 18.2 Å². The van der Waals surface area contributed by atoms with Crippen molar-refractivity contribution in [1.29, 1.82) is 0 Å². The summed E-state index contributed by atoms with van der Waals surface area (Å²) in [5.74, 6) is 0.352. The minimum Gasteiger partial charge on any atom is -0.508 e. The van der Waals surface area contributed by atoms with Gasteiger partial charge in [0.25, 0.3) is 0 Å². The predicted octanol–water partition coefficient (Wildman–Crippen LogP) is 2.49. The van der Waals surface area contributed by atoms with E-state index in [4.69, 9.17) is 4.74 Å². The number of ether oxygens (including phenoxy) is 1. The molecule has 1 fully saturated rings. The second-order valence-corrected chi connectivity index (χ2v) is 5.32. The lowest BCUT2D eigenvalue weighted by molar-refractivity contribution is -0.0801. The van der Waals surface area contributed by atoms with Crippen LogP contribution in [0.4, 0.5) is 0 Å². The first-order valence-corrected chi connectivity index (χ1v) is 6.97. The fourth-order valence-electron chi connectivity index (χ4n) is 3.34. The van der Waals surface area contributed by atoms with Crippen LogP contribution in [-0.2, 0) is 11.2 Å². The number of rotatable bonds is 2. The van der Waals surface area contributed by atoms with Gasteiger partial charge >= 0.3 is 0 Å². The Balaban J connectivity index is 1.91. The van der Waals surface area contributed by atoms with Crippen molar-refractivity contribution >= 4 is 0 Å². The fraction of sp³-hybridized carbons (Fsp3) is 0.600. The van der Waals surface area contributed by atoms with Gasteiger partial charge in [-0.15, -0.1) is 0 Å². The quantitative estimate of drug-likeness (QED) is 0.870. The van der Waals surface area contributed by atoms with Crippen molar-refractivity contribution in [3.05, 3.63) is 29.3 Å². The molecule has 1 heterocycles. The van der Waals surface area contributed by atoms with Gasteiger partial charge in [-0.2, -0.15) is 0 Å². The highest BCUT2D eigenvalue weighted by molar-refractivity contribution is 5.39. The molecular formula is C15H21NO2. The Morgan fingerprint density at radius 1 is 1.44 bits per heavy atom. The van der Waals surface area contributed by atoms with Gasteiger partial charge in [0.1, 0.15) is 5.75 Å². The van der Waals surface area contributed by atoms with Gasteiger partial charge in [-0.1, -0.05) is 13.0 Å². The van der Waals surface area contributed by atoms with E-state index in [0.717, 1.165) is 26.1 Å². The van der Waals surface area contributed by atoms with Crippen LogP contribution in [0.3, 0.4) is 0 Å². The summed E-state index contributed by atoms with van der Waals surface area (Å²) >= 11 is 0. The van der Waals surface area contributed by atoms with Crippen molar-refractivity contribution in [2.24, 2.45) is 0 Å². The summed E-state index contributed by atoms with van der Waals surface area (Å²) in [5, 5.41) is 9.68. The Morgan fingerprint density at radius 2 is 2.33 bits per heavy atom. The zero-order chi connectivity index (χ0) is 12.5. The maximum Gasteiger partial charge on any atom is 0.115 e. The highest BCUT2D eigenvalue weighted by atomic mass is 16.5. The summed E-state index contributed by atoms with van der Waals surface area (Å²) in [5.41, 5.74) is 2.54. The van der Waals surface area contributed by atoms with Crippen molar-refractivity contribution in [1.82, 2.24) is 4.90 Å². The summed E-state index contributed by atoms with van der Waals surface area (Å²) < 4.78 is 5.99. The molecule has 3 rings (SSSR count).